The van der Waals surface area contributed by atoms with Gasteiger partial charge >= 0.3 is 6.18 Å². The Morgan fingerprint density at radius 3 is 2.52 bits per heavy atom. The molecule has 0 saturated heterocycles. The molecule has 2 heterocycles. The Hall–Kier alpha value is -3.69. The molecular formula is C23H18F5N3O2. The molecule has 0 aliphatic carbocycles. The molecule has 0 bridgehead atoms. The topological polar surface area (TPSA) is 69.7 Å². The highest BCUT2D eigenvalue weighted by Crippen LogP contribution is 2.42. The summed E-state index contributed by atoms with van der Waals surface area (Å²) in [6.45, 7) is -1.42. The van der Waals surface area contributed by atoms with Crippen LogP contribution >= 0.6 is 0 Å². The number of pyridine rings is 1. The fraction of sp³-hybridized carbons (Fsp3) is 0.217. The van der Waals surface area contributed by atoms with Gasteiger partial charge in [-0.2, -0.15) is 13.2 Å². The molecule has 3 aromatic rings. The zero-order valence-corrected chi connectivity index (χ0v) is 17.0. The van der Waals surface area contributed by atoms with Gasteiger partial charge in [-0.1, -0.05) is 30.3 Å². The third-order valence-electron chi connectivity index (χ3n) is 5.20. The van der Waals surface area contributed by atoms with Crippen LogP contribution in [0.15, 0.2) is 71.9 Å². The zero-order valence-electron chi connectivity index (χ0n) is 17.0. The fourth-order valence-corrected chi connectivity index (χ4v) is 3.61. The van der Waals surface area contributed by atoms with Gasteiger partial charge in [0, 0.05) is 24.2 Å². The van der Waals surface area contributed by atoms with E-state index in [0.717, 1.165) is 23.3 Å². The van der Waals surface area contributed by atoms with E-state index in [0.29, 0.717) is 0 Å². The van der Waals surface area contributed by atoms with E-state index in [1.54, 1.807) is 12.1 Å². The average molecular weight is 463 g/mol. The number of benzene rings is 2. The van der Waals surface area contributed by atoms with Crippen LogP contribution in [-0.4, -0.2) is 30.0 Å². The largest absolute Gasteiger partial charge is 0.452 e. The molecule has 2 aromatic carbocycles. The van der Waals surface area contributed by atoms with E-state index in [1.165, 1.54) is 12.3 Å². The Labute approximate surface area is 185 Å². The van der Waals surface area contributed by atoms with Gasteiger partial charge in [-0.15, -0.1) is 0 Å². The third kappa shape index (κ3) is 4.74. The number of aromatic nitrogens is 1. The van der Waals surface area contributed by atoms with Crippen LogP contribution in [0.3, 0.4) is 0 Å². The van der Waals surface area contributed by atoms with Crippen molar-refractivity contribution in [3.63, 3.8) is 0 Å². The van der Waals surface area contributed by atoms with Gasteiger partial charge in [-0.25, -0.2) is 18.8 Å². The summed E-state index contributed by atoms with van der Waals surface area (Å²) in [6.07, 6.45) is -6.73. The van der Waals surface area contributed by atoms with E-state index in [4.69, 9.17) is 10.5 Å². The molecule has 1 aliphatic heterocycles. The van der Waals surface area contributed by atoms with Crippen LogP contribution in [0.25, 0.3) is 11.1 Å². The van der Waals surface area contributed by atoms with E-state index >= 15 is 0 Å². The standard InChI is InChI=1S/C23H18F5N3O2/c24-13-22(12-19(23(26,27)28)33-21(29)31-22)17-11-16(6-7-18(17)25)32-20-10-15(8-9-30-20)14-4-2-1-3-5-14/h1-11,19H,12-13H2,(H2,29,31)/t19-,22+/m0/s1. The molecular weight excluding hydrogens is 445 g/mol. The molecule has 33 heavy (non-hydrogen) atoms. The van der Waals surface area contributed by atoms with E-state index < -0.39 is 48.3 Å². The summed E-state index contributed by atoms with van der Waals surface area (Å²) < 4.78 is 78.9. The molecule has 4 rings (SSSR count). The Morgan fingerprint density at radius 1 is 1.06 bits per heavy atom. The van der Waals surface area contributed by atoms with E-state index in [2.05, 4.69) is 14.7 Å². The first-order valence-electron chi connectivity index (χ1n) is 9.84. The van der Waals surface area contributed by atoms with E-state index in [9.17, 15) is 22.0 Å². The molecule has 0 unspecified atom stereocenters. The SMILES string of the molecule is NC1=N[C@](CF)(c2cc(Oc3cc(-c4ccccc4)ccn3)ccc2F)C[C@@H](C(F)(F)F)O1. The minimum atomic E-state index is -4.84. The molecule has 5 nitrogen and oxygen atoms in total. The molecule has 0 fully saturated rings. The van der Waals surface area contributed by atoms with Crippen LogP contribution in [0.1, 0.15) is 12.0 Å². The fourth-order valence-electron chi connectivity index (χ4n) is 3.61. The number of hydrogen-bond acceptors (Lipinski definition) is 5. The molecule has 2 atom stereocenters. The lowest BCUT2D eigenvalue weighted by atomic mass is 9.84. The van der Waals surface area contributed by atoms with Gasteiger partial charge < -0.3 is 15.2 Å². The molecule has 0 radical (unpaired) electrons. The van der Waals surface area contributed by atoms with Crippen molar-refractivity contribution in [1.82, 2.24) is 4.98 Å². The number of ether oxygens (including phenoxy) is 2. The Kier molecular flexibility index (Phi) is 5.92. The predicted octanol–water partition coefficient (Wildman–Crippen LogP) is 5.51. The molecule has 10 heteroatoms. The monoisotopic (exact) mass is 463 g/mol. The van der Waals surface area contributed by atoms with E-state index in [-0.39, 0.29) is 11.6 Å². The summed E-state index contributed by atoms with van der Waals surface area (Å²) >= 11 is 0. The van der Waals surface area contributed by atoms with Crippen molar-refractivity contribution < 1.29 is 31.4 Å². The number of rotatable bonds is 5. The van der Waals surface area contributed by atoms with Crippen LogP contribution in [0.5, 0.6) is 11.6 Å². The lowest BCUT2D eigenvalue weighted by molar-refractivity contribution is -0.209. The maximum absolute atomic E-state index is 14.7. The first-order chi connectivity index (χ1) is 15.7. The second-order valence-electron chi connectivity index (χ2n) is 7.46. The van der Waals surface area contributed by atoms with Gasteiger partial charge in [0.1, 0.15) is 23.8 Å². The van der Waals surface area contributed by atoms with Crippen molar-refractivity contribution in [2.75, 3.05) is 6.67 Å². The van der Waals surface area contributed by atoms with Crippen molar-refractivity contribution in [2.24, 2.45) is 10.7 Å². The molecule has 0 spiro atoms. The lowest BCUT2D eigenvalue weighted by Gasteiger charge is -2.36. The quantitative estimate of drug-likeness (QED) is 0.507. The highest BCUT2D eigenvalue weighted by atomic mass is 19.4. The van der Waals surface area contributed by atoms with Crippen molar-refractivity contribution in [3.05, 3.63) is 78.2 Å². The van der Waals surface area contributed by atoms with Crippen LogP contribution in [0.4, 0.5) is 22.0 Å². The molecule has 1 aromatic heterocycles. The Bertz CT molecular complexity index is 1170. The second-order valence-corrected chi connectivity index (χ2v) is 7.46. The summed E-state index contributed by atoms with van der Waals surface area (Å²) in [7, 11) is 0. The average Bonchev–Trinajstić information content (AvgIpc) is 2.80. The number of nitrogens with zero attached hydrogens (tertiary/aromatic N) is 2. The number of halogens is 5. The third-order valence-corrected chi connectivity index (χ3v) is 5.20. The minimum Gasteiger partial charge on any atom is -0.452 e. The normalized spacial score (nSPS) is 20.6. The van der Waals surface area contributed by atoms with Crippen LogP contribution < -0.4 is 10.5 Å². The Morgan fingerprint density at radius 2 is 1.82 bits per heavy atom. The summed E-state index contributed by atoms with van der Waals surface area (Å²) in [5, 5.41) is 0. The number of nitrogens with two attached hydrogens (primary N) is 1. The van der Waals surface area contributed by atoms with Gasteiger partial charge in [-0.3, -0.25) is 0 Å². The minimum absolute atomic E-state index is 0.0424. The maximum Gasteiger partial charge on any atom is 0.425 e. The molecule has 0 amide bonds. The van der Waals surface area contributed by atoms with Gasteiger partial charge in [0.25, 0.3) is 6.02 Å². The highest BCUT2D eigenvalue weighted by Gasteiger charge is 2.52. The number of aliphatic imine (C=N–C) groups is 1. The number of alkyl halides is 4. The van der Waals surface area contributed by atoms with Gasteiger partial charge in [0.2, 0.25) is 5.88 Å². The summed E-state index contributed by atoms with van der Waals surface area (Å²) in [5.74, 6) is -0.752. The lowest BCUT2D eigenvalue weighted by Crippen LogP contribution is -2.48. The molecule has 1 aliphatic rings. The van der Waals surface area contributed by atoms with Crippen molar-refractivity contribution >= 4 is 6.02 Å². The maximum atomic E-state index is 14.7. The molecule has 0 saturated carbocycles. The summed E-state index contributed by atoms with van der Waals surface area (Å²) in [4.78, 5) is 7.83. The van der Waals surface area contributed by atoms with Gasteiger partial charge in [-0.05, 0) is 35.4 Å². The highest BCUT2D eigenvalue weighted by molar-refractivity contribution is 5.73. The van der Waals surface area contributed by atoms with Crippen molar-refractivity contribution in [2.45, 2.75) is 24.2 Å². The second kappa shape index (κ2) is 8.68. The Balaban J connectivity index is 1.68. The summed E-state index contributed by atoms with van der Waals surface area (Å²) in [6, 6.07) is 15.3. The number of hydrogen-bond donors (Lipinski definition) is 1. The van der Waals surface area contributed by atoms with Crippen LogP contribution in [0, 0.1) is 5.82 Å². The first-order valence-corrected chi connectivity index (χ1v) is 9.84. The predicted molar refractivity (Wildman–Crippen MR) is 111 cm³/mol. The first kappa shape index (κ1) is 22.5. The molecule has 2 N–H and O–H groups in total. The van der Waals surface area contributed by atoms with Crippen LogP contribution in [0.2, 0.25) is 0 Å². The van der Waals surface area contributed by atoms with Crippen LogP contribution in [-0.2, 0) is 10.3 Å². The number of amidine groups is 1. The smallest absolute Gasteiger partial charge is 0.425 e. The summed E-state index contributed by atoms with van der Waals surface area (Å²) in [5.41, 5.74) is 4.46. The molecule has 172 valence electrons. The van der Waals surface area contributed by atoms with Crippen molar-refractivity contribution in [1.29, 1.82) is 0 Å². The van der Waals surface area contributed by atoms with Gasteiger partial charge in [0.15, 0.2) is 6.10 Å². The van der Waals surface area contributed by atoms with Crippen molar-refractivity contribution in [3.8, 4) is 22.8 Å². The van der Waals surface area contributed by atoms with E-state index in [1.807, 2.05) is 30.3 Å². The zero-order chi connectivity index (χ0) is 23.6. The van der Waals surface area contributed by atoms with Gasteiger partial charge in [0.05, 0.1) is 0 Å².